The van der Waals surface area contributed by atoms with Crippen LogP contribution in [0.25, 0.3) is 0 Å². The number of piperazine rings is 1. The van der Waals surface area contributed by atoms with E-state index in [1.807, 2.05) is 0 Å². The van der Waals surface area contributed by atoms with E-state index in [2.05, 4.69) is 18.7 Å². The van der Waals surface area contributed by atoms with Crippen LogP contribution in [0.2, 0.25) is 0 Å². The van der Waals surface area contributed by atoms with Gasteiger partial charge in [0, 0.05) is 44.4 Å². The molecule has 1 heterocycles. The summed E-state index contributed by atoms with van der Waals surface area (Å²) in [6.07, 6.45) is 0. The van der Waals surface area contributed by atoms with Crippen molar-refractivity contribution < 1.29 is 14.1 Å². The molecule has 2 rings (SSSR count). The fourth-order valence-corrected chi connectivity index (χ4v) is 2.40. The molecule has 1 saturated heterocycles. The van der Waals surface area contributed by atoms with Gasteiger partial charge in [0.05, 0.1) is 10.5 Å². The van der Waals surface area contributed by atoms with Gasteiger partial charge in [-0.15, -0.1) is 0 Å². The molecule has 1 aliphatic heterocycles. The van der Waals surface area contributed by atoms with Crippen LogP contribution >= 0.6 is 0 Å². The van der Waals surface area contributed by atoms with Crippen LogP contribution in [0.1, 0.15) is 24.2 Å². The zero-order chi connectivity index (χ0) is 15.6. The molecule has 114 valence electrons. The van der Waals surface area contributed by atoms with Gasteiger partial charge in [-0.05, 0) is 19.9 Å². The predicted molar refractivity (Wildman–Crippen MR) is 75.7 cm³/mol. The third-order valence-corrected chi connectivity index (χ3v) is 3.72. The largest absolute Gasteiger partial charge is 0.336 e. The molecule has 0 radical (unpaired) electrons. The highest BCUT2D eigenvalue weighted by Crippen LogP contribution is 2.19. The van der Waals surface area contributed by atoms with Gasteiger partial charge >= 0.3 is 0 Å². The first-order valence-electron chi connectivity index (χ1n) is 6.87. The summed E-state index contributed by atoms with van der Waals surface area (Å²) in [4.78, 5) is 26.2. The SMILES string of the molecule is CC(C)N1CCN(C(=O)c2cc([N+](=O)[O-])ccc2F)CC1. The monoisotopic (exact) mass is 295 g/mol. The number of nitrogens with zero attached hydrogens (tertiary/aromatic N) is 3. The summed E-state index contributed by atoms with van der Waals surface area (Å²) in [6, 6.07) is 3.43. The second kappa shape index (κ2) is 6.17. The molecule has 1 aromatic rings. The van der Waals surface area contributed by atoms with Crippen molar-refractivity contribution in [3.8, 4) is 0 Å². The minimum absolute atomic E-state index is 0.234. The molecular weight excluding hydrogens is 277 g/mol. The van der Waals surface area contributed by atoms with Gasteiger partial charge in [-0.3, -0.25) is 19.8 Å². The first-order valence-corrected chi connectivity index (χ1v) is 6.87. The van der Waals surface area contributed by atoms with Gasteiger partial charge in [0.1, 0.15) is 5.82 Å². The van der Waals surface area contributed by atoms with Crippen LogP contribution in [0.5, 0.6) is 0 Å². The van der Waals surface area contributed by atoms with Gasteiger partial charge in [-0.1, -0.05) is 0 Å². The molecule has 0 bridgehead atoms. The number of halogens is 1. The summed E-state index contributed by atoms with van der Waals surface area (Å²) in [5.41, 5.74) is -0.511. The van der Waals surface area contributed by atoms with E-state index in [0.717, 1.165) is 31.3 Å². The van der Waals surface area contributed by atoms with Crippen LogP contribution in [-0.2, 0) is 0 Å². The van der Waals surface area contributed by atoms with Crippen molar-refractivity contribution in [2.75, 3.05) is 26.2 Å². The normalized spacial score (nSPS) is 16.3. The maximum Gasteiger partial charge on any atom is 0.270 e. The van der Waals surface area contributed by atoms with Gasteiger partial charge in [0.2, 0.25) is 0 Å². The van der Waals surface area contributed by atoms with Gasteiger partial charge < -0.3 is 4.90 Å². The minimum Gasteiger partial charge on any atom is -0.336 e. The third-order valence-electron chi connectivity index (χ3n) is 3.72. The summed E-state index contributed by atoms with van der Waals surface area (Å²) < 4.78 is 13.8. The summed E-state index contributed by atoms with van der Waals surface area (Å²) in [5.74, 6) is -1.21. The fourth-order valence-electron chi connectivity index (χ4n) is 2.40. The van der Waals surface area contributed by atoms with Crippen molar-refractivity contribution in [1.82, 2.24) is 9.80 Å². The molecule has 7 heteroatoms. The van der Waals surface area contributed by atoms with Crippen molar-refractivity contribution in [3.63, 3.8) is 0 Å². The van der Waals surface area contributed by atoms with Crippen LogP contribution in [0.3, 0.4) is 0 Å². The van der Waals surface area contributed by atoms with Crippen molar-refractivity contribution >= 4 is 11.6 Å². The Morgan fingerprint density at radius 1 is 1.29 bits per heavy atom. The molecule has 1 aliphatic rings. The summed E-state index contributed by atoms with van der Waals surface area (Å²) >= 11 is 0. The quantitative estimate of drug-likeness (QED) is 0.631. The molecule has 21 heavy (non-hydrogen) atoms. The number of non-ortho nitro benzene ring substituents is 1. The van der Waals surface area contributed by atoms with Crippen LogP contribution in [0.4, 0.5) is 10.1 Å². The van der Waals surface area contributed by atoms with Crippen molar-refractivity contribution in [2.24, 2.45) is 0 Å². The van der Waals surface area contributed by atoms with Crippen LogP contribution < -0.4 is 0 Å². The Morgan fingerprint density at radius 2 is 1.90 bits per heavy atom. The number of carbonyl (C=O) groups excluding carboxylic acids is 1. The molecule has 0 unspecified atom stereocenters. The zero-order valence-electron chi connectivity index (χ0n) is 12.1. The molecule has 0 aliphatic carbocycles. The number of hydrogen-bond acceptors (Lipinski definition) is 4. The number of benzene rings is 1. The smallest absolute Gasteiger partial charge is 0.270 e. The Morgan fingerprint density at radius 3 is 2.43 bits per heavy atom. The standard InChI is InChI=1S/C14H18FN3O3/c1-10(2)16-5-7-17(8-6-16)14(19)12-9-11(18(20)21)3-4-13(12)15/h3-4,9-10H,5-8H2,1-2H3. The summed E-state index contributed by atoms with van der Waals surface area (Å²) in [7, 11) is 0. The maximum atomic E-state index is 13.8. The van der Waals surface area contributed by atoms with Crippen molar-refractivity contribution in [1.29, 1.82) is 0 Å². The second-order valence-corrected chi connectivity index (χ2v) is 5.34. The highest BCUT2D eigenvalue weighted by Gasteiger charge is 2.26. The first kappa shape index (κ1) is 15.4. The minimum atomic E-state index is -0.725. The Hall–Kier alpha value is -2.02. The van der Waals surface area contributed by atoms with Gasteiger partial charge in [0.15, 0.2) is 0 Å². The molecule has 1 amide bonds. The average molecular weight is 295 g/mol. The van der Waals surface area contributed by atoms with Gasteiger partial charge in [-0.25, -0.2) is 4.39 Å². The molecule has 6 nitrogen and oxygen atoms in total. The van der Waals surface area contributed by atoms with Crippen molar-refractivity contribution in [2.45, 2.75) is 19.9 Å². The van der Waals surface area contributed by atoms with Gasteiger partial charge in [0.25, 0.3) is 11.6 Å². The second-order valence-electron chi connectivity index (χ2n) is 5.34. The number of amides is 1. The van der Waals surface area contributed by atoms with E-state index in [-0.39, 0.29) is 11.3 Å². The van der Waals surface area contributed by atoms with E-state index in [9.17, 15) is 19.3 Å². The zero-order valence-corrected chi connectivity index (χ0v) is 12.1. The van der Waals surface area contributed by atoms with Crippen LogP contribution in [0.15, 0.2) is 18.2 Å². The Balaban J connectivity index is 2.14. The van der Waals surface area contributed by atoms with Crippen LogP contribution in [-0.4, -0.2) is 52.9 Å². The molecule has 1 fully saturated rings. The average Bonchev–Trinajstić information content (AvgIpc) is 2.47. The Labute approximate surface area is 122 Å². The number of rotatable bonds is 3. The van der Waals surface area contributed by atoms with E-state index in [0.29, 0.717) is 19.1 Å². The lowest BCUT2D eigenvalue weighted by Gasteiger charge is -2.36. The highest BCUT2D eigenvalue weighted by atomic mass is 19.1. The number of nitro benzene ring substituents is 1. The van der Waals surface area contributed by atoms with E-state index < -0.39 is 16.6 Å². The number of carbonyl (C=O) groups is 1. The van der Waals surface area contributed by atoms with E-state index in [1.165, 1.54) is 0 Å². The highest BCUT2D eigenvalue weighted by molar-refractivity contribution is 5.95. The third kappa shape index (κ3) is 3.36. The lowest BCUT2D eigenvalue weighted by Crippen LogP contribution is -2.50. The fraction of sp³-hybridized carbons (Fsp3) is 0.500. The lowest BCUT2D eigenvalue weighted by atomic mass is 10.1. The molecule has 0 N–H and O–H groups in total. The molecule has 0 spiro atoms. The maximum absolute atomic E-state index is 13.8. The molecular formula is C14H18FN3O3. The Kier molecular flexibility index (Phi) is 4.52. The van der Waals surface area contributed by atoms with Gasteiger partial charge in [-0.2, -0.15) is 0 Å². The lowest BCUT2D eigenvalue weighted by molar-refractivity contribution is -0.384. The Bertz CT molecular complexity index is 554. The summed E-state index contributed by atoms with van der Waals surface area (Å²) in [6.45, 7) is 6.60. The molecule has 0 saturated carbocycles. The summed E-state index contributed by atoms with van der Waals surface area (Å²) in [5, 5.41) is 10.7. The molecule has 0 atom stereocenters. The van der Waals surface area contributed by atoms with Crippen LogP contribution in [0, 0.1) is 15.9 Å². The van der Waals surface area contributed by atoms with E-state index in [4.69, 9.17) is 0 Å². The molecule has 0 aromatic heterocycles. The van der Waals surface area contributed by atoms with Crippen molar-refractivity contribution in [3.05, 3.63) is 39.7 Å². The number of nitro groups is 1. The van der Waals surface area contributed by atoms with E-state index >= 15 is 0 Å². The first-order chi connectivity index (χ1) is 9.90. The number of hydrogen-bond donors (Lipinski definition) is 0. The topological polar surface area (TPSA) is 66.7 Å². The molecule has 1 aromatic carbocycles. The van der Waals surface area contributed by atoms with E-state index in [1.54, 1.807) is 4.90 Å². The predicted octanol–water partition coefficient (Wildman–Crippen LogP) is 1.90.